The van der Waals surface area contributed by atoms with Gasteiger partial charge in [0.1, 0.15) is 0 Å². The molecule has 0 heterocycles. The van der Waals surface area contributed by atoms with E-state index < -0.39 is 8.07 Å². The lowest BCUT2D eigenvalue weighted by molar-refractivity contribution is 1.06. The number of benzene rings is 1. The maximum atomic E-state index is 2.45. The molecule has 0 aromatic heterocycles. The van der Waals surface area contributed by atoms with Crippen LogP contribution >= 0.6 is 11.8 Å². The molecular weight excluding hydrogens is 216 g/mol. The van der Waals surface area contributed by atoms with Gasteiger partial charge in [0.2, 0.25) is 0 Å². The Labute approximate surface area is 99.5 Å². The highest BCUT2D eigenvalue weighted by molar-refractivity contribution is 7.99. The molecule has 0 radical (unpaired) electrons. The molecule has 84 valence electrons. The summed E-state index contributed by atoms with van der Waals surface area (Å²) in [6.07, 6.45) is 1.37. The number of rotatable bonds is 5. The average Bonchev–Trinajstić information content (AvgIpc) is 2.14. The third kappa shape index (κ3) is 6.05. The molecule has 0 saturated carbocycles. The molecule has 1 rings (SSSR count). The maximum Gasteiger partial charge on any atom is 0.0442 e. The van der Waals surface area contributed by atoms with Crippen LogP contribution in [-0.4, -0.2) is 13.8 Å². The smallest absolute Gasteiger partial charge is 0.0442 e. The first-order chi connectivity index (χ1) is 6.97. The van der Waals surface area contributed by atoms with Gasteiger partial charge in [0.05, 0.1) is 0 Å². The van der Waals surface area contributed by atoms with E-state index in [9.17, 15) is 0 Å². The Morgan fingerprint density at radius 3 is 2.20 bits per heavy atom. The number of hydrogen-bond acceptors (Lipinski definition) is 1. The molecule has 0 atom stereocenters. The molecule has 15 heavy (non-hydrogen) atoms. The van der Waals surface area contributed by atoms with Crippen molar-refractivity contribution in [1.29, 1.82) is 0 Å². The summed E-state index contributed by atoms with van der Waals surface area (Å²) in [4.78, 5) is 1.41. The third-order valence-electron chi connectivity index (χ3n) is 2.36. The highest BCUT2D eigenvalue weighted by atomic mass is 32.2. The average molecular weight is 238 g/mol. The SMILES string of the molecule is Cc1ccc(SCCC[Si](C)(C)C)cc1. The number of aryl methyl sites for hydroxylation is 1. The highest BCUT2D eigenvalue weighted by Crippen LogP contribution is 2.21. The highest BCUT2D eigenvalue weighted by Gasteiger charge is 2.11. The lowest BCUT2D eigenvalue weighted by Crippen LogP contribution is -2.18. The van der Waals surface area contributed by atoms with Gasteiger partial charge in [-0.1, -0.05) is 43.4 Å². The minimum atomic E-state index is -0.818. The van der Waals surface area contributed by atoms with Crippen molar-refractivity contribution < 1.29 is 0 Å². The van der Waals surface area contributed by atoms with Crippen molar-refractivity contribution in [2.75, 3.05) is 5.75 Å². The lowest BCUT2D eigenvalue weighted by atomic mass is 10.2. The minimum Gasteiger partial charge on any atom is -0.126 e. The zero-order chi connectivity index (χ0) is 11.3. The molecule has 1 aromatic carbocycles. The van der Waals surface area contributed by atoms with Gasteiger partial charge in [-0.05, 0) is 31.2 Å². The Morgan fingerprint density at radius 1 is 1.07 bits per heavy atom. The summed E-state index contributed by atoms with van der Waals surface area (Å²) in [6, 6.07) is 10.3. The monoisotopic (exact) mass is 238 g/mol. The normalized spacial score (nSPS) is 11.7. The second-order valence-electron chi connectivity index (χ2n) is 5.33. The van der Waals surface area contributed by atoms with E-state index in [1.807, 2.05) is 11.8 Å². The molecule has 0 saturated heterocycles. The summed E-state index contributed by atoms with van der Waals surface area (Å²) in [5, 5.41) is 0. The van der Waals surface area contributed by atoms with Crippen LogP contribution in [0.3, 0.4) is 0 Å². The first kappa shape index (κ1) is 12.9. The van der Waals surface area contributed by atoms with E-state index in [0.717, 1.165) is 0 Å². The number of thioether (sulfide) groups is 1. The summed E-state index contributed by atoms with van der Waals surface area (Å²) in [5.74, 6) is 1.27. The van der Waals surface area contributed by atoms with E-state index in [1.165, 1.54) is 28.7 Å². The second-order valence-corrected chi connectivity index (χ2v) is 12.1. The van der Waals surface area contributed by atoms with Gasteiger partial charge >= 0.3 is 0 Å². The van der Waals surface area contributed by atoms with E-state index in [1.54, 1.807) is 0 Å². The van der Waals surface area contributed by atoms with Crippen LogP contribution in [0.5, 0.6) is 0 Å². The van der Waals surface area contributed by atoms with Gasteiger partial charge in [0.15, 0.2) is 0 Å². The summed E-state index contributed by atoms with van der Waals surface area (Å²) < 4.78 is 0. The molecule has 0 aliphatic heterocycles. The molecule has 0 nitrogen and oxygen atoms in total. The van der Waals surface area contributed by atoms with Crippen LogP contribution in [0, 0.1) is 6.92 Å². The molecule has 0 fully saturated rings. The van der Waals surface area contributed by atoms with Crippen molar-refractivity contribution in [3.8, 4) is 0 Å². The van der Waals surface area contributed by atoms with E-state index in [4.69, 9.17) is 0 Å². The van der Waals surface area contributed by atoms with E-state index in [-0.39, 0.29) is 0 Å². The van der Waals surface area contributed by atoms with Crippen LogP contribution in [0.25, 0.3) is 0 Å². The van der Waals surface area contributed by atoms with E-state index in [0.29, 0.717) is 0 Å². The van der Waals surface area contributed by atoms with Gasteiger partial charge in [0, 0.05) is 13.0 Å². The molecule has 0 aliphatic carbocycles. The van der Waals surface area contributed by atoms with Crippen LogP contribution < -0.4 is 0 Å². The predicted octanol–water partition coefficient (Wildman–Crippen LogP) is 4.82. The van der Waals surface area contributed by atoms with Crippen molar-refractivity contribution in [2.24, 2.45) is 0 Å². The fraction of sp³-hybridized carbons (Fsp3) is 0.538. The van der Waals surface area contributed by atoms with E-state index >= 15 is 0 Å². The lowest BCUT2D eigenvalue weighted by Gasteiger charge is -2.14. The molecule has 0 unspecified atom stereocenters. The summed E-state index contributed by atoms with van der Waals surface area (Å²) >= 11 is 1.99. The van der Waals surface area contributed by atoms with Crippen LogP contribution in [0.2, 0.25) is 25.7 Å². The van der Waals surface area contributed by atoms with Gasteiger partial charge in [-0.15, -0.1) is 11.8 Å². The summed E-state index contributed by atoms with van der Waals surface area (Å²) in [6.45, 7) is 9.48. The first-order valence-electron chi connectivity index (χ1n) is 5.67. The number of hydrogen-bond donors (Lipinski definition) is 0. The molecule has 0 amide bonds. The molecule has 0 spiro atoms. The zero-order valence-electron chi connectivity index (χ0n) is 10.3. The predicted molar refractivity (Wildman–Crippen MR) is 74.7 cm³/mol. The van der Waals surface area contributed by atoms with Gasteiger partial charge in [0.25, 0.3) is 0 Å². The largest absolute Gasteiger partial charge is 0.126 e. The van der Waals surface area contributed by atoms with Crippen LogP contribution in [0.15, 0.2) is 29.2 Å². The van der Waals surface area contributed by atoms with Crippen molar-refractivity contribution in [3.05, 3.63) is 29.8 Å². The van der Waals surface area contributed by atoms with Gasteiger partial charge in [-0.25, -0.2) is 0 Å². The zero-order valence-corrected chi connectivity index (χ0v) is 12.2. The Kier molecular flexibility index (Phi) is 4.93. The van der Waals surface area contributed by atoms with E-state index in [2.05, 4.69) is 50.8 Å². The molecular formula is C13H22SSi. The second kappa shape index (κ2) is 5.76. The Bertz CT molecular complexity index is 284. The van der Waals surface area contributed by atoms with Gasteiger partial charge in [-0.3, -0.25) is 0 Å². The minimum absolute atomic E-state index is 0.818. The first-order valence-corrected chi connectivity index (χ1v) is 10.4. The Hall–Kier alpha value is -0.213. The van der Waals surface area contributed by atoms with Crippen molar-refractivity contribution >= 4 is 19.8 Å². The van der Waals surface area contributed by atoms with Crippen LogP contribution in [-0.2, 0) is 0 Å². The van der Waals surface area contributed by atoms with Gasteiger partial charge in [-0.2, -0.15) is 0 Å². The molecule has 0 aliphatic rings. The van der Waals surface area contributed by atoms with Crippen LogP contribution in [0.4, 0.5) is 0 Å². The Balaban J connectivity index is 2.23. The Morgan fingerprint density at radius 2 is 1.67 bits per heavy atom. The third-order valence-corrected chi connectivity index (χ3v) is 5.31. The van der Waals surface area contributed by atoms with Crippen molar-refractivity contribution in [1.82, 2.24) is 0 Å². The van der Waals surface area contributed by atoms with Crippen molar-refractivity contribution in [3.63, 3.8) is 0 Å². The topological polar surface area (TPSA) is 0 Å². The van der Waals surface area contributed by atoms with Crippen LogP contribution in [0.1, 0.15) is 12.0 Å². The summed E-state index contributed by atoms with van der Waals surface area (Å²) in [7, 11) is -0.818. The summed E-state index contributed by atoms with van der Waals surface area (Å²) in [5.41, 5.74) is 1.35. The molecule has 0 bridgehead atoms. The quantitative estimate of drug-likeness (QED) is 0.403. The fourth-order valence-corrected chi connectivity index (χ4v) is 3.77. The molecule has 2 heteroatoms. The maximum absolute atomic E-state index is 2.45. The van der Waals surface area contributed by atoms with Crippen molar-refractivity contribution in [2.45, 2.75) is 43.9 Å². The molecule has 0 N–H and O–H groups in total. The van der Waals surface area contributed by atoms with Gasteiger partial charge < -0.3 is 0 Å². The fourth-order valence-electron chi connectivity index (χ4n) is 1.43. The standard InChI is InChI=1S/C13H22SSi/c1-12-6-8-13(9-7-12)14-10-5-11-15(2,3)4/h6-9H,5,10-11H2,1-4H3. The molecule has 1 aromatic rings.